The van der Waals surface area contributed by atoms with E-state index in [1.165, 1.54) is 0 Å². The van der Waals surface area contributed by atoms with Crippen molar-refractivity contribution in [2.75, 3.05) is 6.54 Å². The van der Waals surface area contributed by atoms with E-state index in [0.29, 0.717) is 31.4 Å². The van der Waals surface area contributed by atoms with Gasteiger partial charge in [0.1, 0.15) is 0 Å². The number of carbonyl (C=O) groups excluding carboxylic acids is 1. The molecule has 1 saturated carbocycles. The molecule has 18 heavy (non-hydrogen) atoms. The van der Waals surface area contributed by atoms with Gasteiger partial charge in [-0.25, -0.2) is 13.1 Å². The summed E-state index contributed by atoms with van der Waals surface area (Å²) < 4.78 is 25.5. The molecule has 5 nitrogen and oxygen atoms in total. The van der Waals surface area contributed by atoms with E-state index in [4.69, 9.17) is 5.73 Å². The third kappa shape index (κ3) is 2.88. The van der Waals surface area contributed by atoms with Gasteiger partial charge in [-0.05, 0) is 37.4 Å². The van der Waals surface area contributed by atoms with Crippen molar-refractivity contribution in [2.45, 2.75) is 24.5 Å². The Morgan fingerprint density at radius 1 is 1.33 bits per heavy atom. The summed E-state index contributed by atoms with van der Waals surface area (Å²) in [5.41, 5.74) is 6.61. The molecule has 0 aromatic heterocycles. The van der Waals surface area contributed by atoms with Crippen molar-refractivity contribution < 1.29 is 13.2 Å². The molecule has 6 heteroatoms. The molecule has 98 valence electrons. The Morgan fingerprint density at radius 2 is 2.00 bits per heavy atom. The van der Waals surface area contributed by atoms with Crippen molar-refractivity contribution in [3.63, 3.8) is 0 Å². The van der Waals surface area contributed by atoms with Gasteiger partial charge in [0.05, 0.1) is 5.25 Å². The van der Waals surface area contributed by atoms with E-state index in [1.54, 1.807) is 24.3 Å². The van der Waals surface area contributed by atoms with Crippen LogP contribution in [0.15, 0.2) is 24.3 Å². The van der Waals surface area contributed by atoms with Gasteiger partial charge in [-0.2, -0.15) is 0 Å². The summed E-state index contributed by atoms with van der Waals surface area (Å²) in [6.45, 7) is 0.416. The summed E-state index contributed by atoms with van der Waals surface area (Å²) in [5, 5.41) is -0.400. The standard InChI is InChI=1S/C12H16N2O3S/c13-8-7-9-3-1-2-4-11(9)12(15)14-18(16,17)10-5-6-10/h1-4,10H,5-8,13H2,(H,14,15). The van der Waals surface area contributed by atoms with Crippen molar-refractivity contribution in [1.82, 2.24) is 4.72 Å². The van der Waals surface area contributed by atoms with E-state index in [2.05, 4.69) is 4.72 Å². The number of nitrogens with one attached hydrogen (secondary N) is 1. The molecule has 1 aromatic carbocycles. The zero-order valence-electron chi connectivity index (χ0n) is 9.93. The predicted octanol–water partition coefficient (Wildman–Crippen LogP) is 0.410. The van der Waals surface area contributed by atoms with Crippen LogP contribution < -0.4 is 10.5 Å². The summed E-state index contributed by atoms with van der Waals surface area (Å²) in [6, 6.07) is 6.91. The first-order valence-electron chi connectivity index (χ1n) is 5.88. The van der Waals surface area contributed by atoms with Crippen LogP contribution in [-0.4, -0.2) is 26.1 Å². The van der Waals surface area contributed by atoms with Crippen LogP contribution in [0.5, 0.6) is 0 Å². The molecular formula is C12H16N2O3S. The monoisotopic (exact) mass is 268 g/mol. The van der Waals surface area contributed by atoms with E-state index < -0.39 is 21.2 Å². The van der Waals surface area contributed by atoms with Gasteiger partial charge < -0.3 is 5.73 Å². The normalized spacial score (nSPS) is 15.4. The molecule has 0 heterocycles. The van der Waals surface area contributed by atoms with E-state index >= 15 is 0 Å². The minimum atomic E-state index is -3.50. The zero-order valence-corrected chi connectivity index (χ0v) is 10.7. The van der Waals surface area contributed by atoms with Crippen LogP contribution >= 0.6 is 0 Å². The van der Waals surface area contributed by atoms with Crippen LogP contribution in [0.1, 0.15) is 28.8 Å². The van der Waals surface area contributed by atoms with Crippen molar-refractivity contribution >= 4 is 15.9 Å². The number of hydrogen-bond acceptors (Lipinski definition) is 4. The Bertz CT molecular complexity index is 550. The van der Waals surface area contributed by atoms with E-state index in [9.17, 15) is 13.2 Å². The SMILES string of the molecule is NCCc1ccccc1C(=O)NS(=O)(=O)C1CC1. The maximum absolute atomic E-state index is 12.0. The summed E-state index contributed by atoms with van der Waals surface area (Å²) in [5.74, 6) is -0.564. The van der Waals surface area contributed by atoms with Gasteiger partial charge in [0.25, 0.3) is 5.91 Å². The minimum absolute atomic E-state index is 0.382. The number of amides is 1. The van der Waals surface area contributed by atoms with Gasteiger partial charge in [-0.1, -0.05) is 18.2 Å². The fourth-order valence-electron chi connectivity index (χ4n) is 1.76. The third-order valence-corrected chi connectivity index (χ3v) is 4.69. The van der Waals surface area contributed by atoms with Crippen LogP contribution in [0.3, 0.4) is 0 Å². The highest BCUT2D eigenvalue weighted by Gasteiger charge is 2.37. The Balaban J connectivity index is 2.18. The van der Waals surface area contributed by atoms with Crippen molar-refractivity contribution in [3.05, 3.63) is 35.4 Å². The van der Waals surface area contributed by atoms with Crippen LogP contribution in [0.2, 0.25) is 0 Å². The fraction of sp³-hybridized carbons (Fsp3) is 0.417. The molecule has 1 aliphatic carbocycles. The molecule has 0 spiro atoms. The van der Waals surface area contributed by atoms with E-state index in [1.807, 2.05) is 0 Å². The van der Waals surface area contributed by atoms with Crippen LogP contribution in [0.25, 0.3) is 0 Å². The number of nitrogens with two attached hydrogens (primary N) is 1. The molecule has 1 aliphatic rings. The number of hydrogen-bond donors (Lipinski definition) is 2. The first-order chi connectivity index (χ1) is 8.54. The van der Waals surface area contributed by atoms with Crippen molar-refractivity contribution in [3.8, 4) is 0 Å². The molecule has 2 rings (SSSR count). The van der Waals surface area contributed by atoms with Crippen molar-refractivity contribution in [2.24, 2.45) is 5.73 Å². The first-order valence-corrected chi connectivity index (χ1v) is 7.43. The molecule has 0 unspecified atom stereocenters. The topological polar surface area (TPSA) is 89.3 Å². The highest BCUT2D eigenvalue weighted by Crippen LogP contribution is 2.27. The first kappa shape index (κ1) is 13.0. The van der Waals surface area contributed by atoms with Gasteiger partial charge in [0, 0.05) is 5.56 Å². The number of benzene rings is 1. The van der Waals surface area contributed by atoms with Crippen LogP contribution in [0.4, 0.5) is 0 Å². The molecule has 0 bridgehead atoms. The molecule has 0 aliphatic heterocycles. The maximum atomic E-state index is 12.0. The lowest BCUT2D eigenvalue weighted by atomic mass is 10.0. The summed E-state index contributed by atoms with van der Waals surface area (Å²) >= 11 is 0. The summed E-state index contributed by atoms with van der Waals surface area (Å²) in [7, 11) is -3.50. The highest BCUT2D eigenvalue weighted by atomic mass is 32.2. The Kier molecular flexibility index (Phi) is 3.68. The molecular weight excluding hydrogens is 252 g/mol. The second kappa shape index (κ2) is 5.07. The van der Waals surface area contributed by atoms with Gasteiger partial charge in [-0.3, -0.25) is 4.79 Å². The van der Waals surface area contributed by atoms with Gasteiger partial charge in [0.15, 0.2) is 0 Å². The lowest BCUT2D eigenvalue weighted by molar-refractivity contribution is 0.0980. The molecule has 0 atom stereocenters. The second-order valence-electron chi connectivity index (χ2n) is 4.37. The lowest BCUT2D eigenvalue weighted by Gasteiger charge is -2.09. The highest BCUT2D eigenvalue weighted by molar-refractivity contribution is 7.91. The average molecular weight is 268 g/mol. The lowest BCUT2D eigenvalue weighted by Crippen LogP contribution is -2.33. The van der Waals surface area contributed by atoms with E-state index in [-0.39, 0.29) is 0 Å². The molecule has 1 aromatic rings. The Hall–Kier alpha value is -1.40. The van der Waals surface area contributed by atoms with Gasteiger partial charge in [-0.15, -0.1) is 0 Å². The van der Waals surface area contributed by atoms with Gasteiger partial charge in [0.2, 0.25) is 10.0 Å². The number of rotatable bonds is 5. The number of sulfonamides is 1. The third-order valence-electron chi connectivity index (χ3n) is 2.87. The Morgan fingerprint density at radius 3 is 2.61 bits per heavy atom. The molecule has 1 fully saturated rings. The minimum Gasteiger partial charge on any atom is -0.330 e. The Labute approximate surface area is 106 Å². The predicted molar refractivity (Wildman–Crippen MR) is 68.6 cm³/mol. The fourth-order valence-corrected chi connectivity index (χ4v) is 3.05. The second-order valence-corrected chi connectivity index (χ2v) is 6.33. The number of carbonyl (C=O) groups is 1. The average Bonchev–Trinajstić information content (AvgIpc) is 3.13. The van der Waals surface area contributed by atoms with Crippen LogP contribution in [0, 0.1) is 0 Å². The quantitative estimate of drug-likeness (QED) is 0.809. The molecule has 0 saturated heterocycles. The molecule has 1 amide bonds. The largest absolute Gasteiger partial charge is 0.330 e. The van der Waals surface area contributed by atoms with Crippen molar-refractivity contribution in [1.29, 1.82) is 0 Å². The molecule has 0 radical (unpaired) electrons. The maximum Gasteiger partial charge on any atom is 0.265 e. The molecule has 3 N–H and O–H groups in total. The van der Waals surface area contributed by atoms with Gasteiger partial charge >= 0.3 is 0 Å². The summed E-state index contributed by atoms with van der Waals surface area (Å²) in [4.78, 5) is 12.0. The van der Waals surface area contributed by atoms with E-state index in [0.717, 1.165) is 5.56 Å². The summed E-state index contributed by atoms with van der Waals surface area (Å²) in [6.07, 6.45) is 1.81. The van der Waals surface area contributed by atoms with Crippen LogP contribution in [-0.2, 0) is 16.4 Å². The zero-order chi connectivity index (χ0) is 13.2. The smallest absolute Gasteiger partial charge is 0.265 e.